The molecular weight excluding hydrogens is 220 g/mol. The lowest BCUT2D eigenvalue weighted by Crippen LogP contribution is -1.99. The van der Waals surface area contributed by atoms with Gasteiger partial charge in [-0.3, -0.25) is 10.1 Å². The zero-order valence-electron chi connectivity index (χ0n) is 7.35. The molecule has 0 aliphatic rings. The first-order valence-electron chi connectivity index (χ1n) is 3.73. The summed E-state index contributed by atoms with van der Waals surface area (Å²) in [5, 5.41) is 18.8. The van der Waals surface area contributed by atoms with Crippen LogP contribution in [0, 0.1) is 21.4 Å². The van der Waals surface area contributed by atoms with Gasteiger partial charge in [-0.05, 0) is 6.08 Å². The standard InChI is InChI=1S/C8H5ClN4O2/c9-7-5(2-1-3-10)4-6(13(14)15)8(11)12-7/h1-2,4H,(H2,11,12). The van der Waals surface area contributed by atoms with E-state index in [0.29, 0.717) is 0 Å². The molecule has 0 bridgehead atoms. The van der Waals surface area contributed by atoms with Gasteiger partial charge >= 0.3 is 5.69 Å². The molecule has 0 saturated heterocycles. The lowest BCUT2D eigenvalue weighted by Gasteiger charge is -2.00. The van der Waals surface area contributed by atoms with Gasteiger partial charge in [0.25, 0.3) is 0 Å². The average molecular weight is 225 g/mol. The average Bonchev–Trinajstić information content (AvgIpc) is 2.16. The molecular formula is C8H5ClN4O2. The molecule has 0 atom stereocenters. The Morgan fingerprint density at radius 2 is 2.40 bits per heavy atom. The van der Waals surface area contributed by atoms with E-state index in [0.717, 1.165) is 6.08 Å². The summed E-state index contributed by atoms with van der Waals surface area (Å²) in [5.41, 5.74) is 5.23. The van der Waals surface area contributed by atoms with Gasteiger partial charge in [0.1, 0.15) is 5.15 Å². The van der Waals surface area contributed by atoms with Crippen LogP contribution < -0.4 is 5.73 Å². The Bertz CT molecular complexity index is 478. The number of nitriles is 1. The van der Waals surface area contributed by atoms with Crippen molar-refractivity contribution in [2.24, 2.45) is 0 Å². The van der Waals surface area contributed by atoms with Crippen molar-refractivity contribution in [3.05, 3.63) is 33.0 Å². The number of allylic oxidation sites excluding steroid dienone is 1. The molecule has 0 spiro atoms. The maximum Gasteiger partial charge on any atom is 0.311 e. The van der Waals surface area contributed by atoms with Gasteiger partial charge in [-0.2, -0.15) is 5.26 Å². The SMILES string of the molecule is N#CC=Cc1cc([N+](=O)[O-])c(N)nc1Cl. The highest BCUT2D eigenvalue weighted by atomic mass is 35.5. The fourth-order valence-corrected chi connectivity index (χ4v) is 1.11. The van der Waals surface area contributed by atoms with Crippen molar-refractivity contribution in [2.45, 2.75) is 0 Å². The second-order valence-electron chi connectivity index (χ2n) is 2.49. The lowest BCUT2D eigenvalue weighted by atomic mass is 10.2. The van der Waals surface area contributed by atoms with Crippen LogP contribution in [0.1, 0.15) is 5.56 Å². The van der Waals surface area contributed by atoms with Crippen molar-refractivity contribution in [1.29, 1.82) is 5.26 Å². The fraction of sp³-hybridized carbons (Fsp3) is 0. The number of hydrogen-bond acceptors (Lipinski definition) is 5. The third-order valence-corrected chi connectivity index (χ3v) is 1.85. The molecule has 15 heavy (non-hydrogen) atoms. The molecule has 76 valence electrons. The molecule has 0 aliphatic heterocycles. The Labute approximate surface area is 89.7 Å². The van der Waals surface area contributed by atoms with Crippen LogP contribution in [-0.2, 0) is 0 Å². The molecule has 1 rings (SSSR count). The van der Waals surface area contributed by atoms with E-state index in [-0.39, 0.29) is 22.2 Å². The van der Waals surface area contributed by atoms with Crippen LogP contribution in [0.5, 0.6) is 0 Å². The number of nitrogens with two attached hydrogens (primary N) is 1. The molecule has 0 aliphatic carbocycles. The summed E-state index contributed by atoms with van der Waals surface area (Å²) in [4.78, 5) is 13.4. The Morgan fingerprint density at radius 3 is 2.93 bits per heavy atom. The molecule has 1 aromatic heterocycles. The van der Waals surface area contributed by atoms with Gasteiger partial charge in [0.2, 0.25) is 5.82 Å². The second-order valence-corrected chi connectivity index (χ2v) is 2.85. The van der Waals surface area contributed by atoms with E-state index in [4.69, 9.17) is 22.6 Å². The Hall–Kier alpha value is -2.13. The number of rotatable bonds is 2. The monoisotopic (exact) mass is 224 g/mol. The minimum atomic E-state index is -0.664. The topological polar surface area (TPSA) is 106 Å². The summed E-state index contributed by atoms with van der Waals surface area (Å²) in [6, 6.07) is 2.90. The smallest absolute Gasteiger partial charge is 0.311 e. The number of halogens is 1. The van der Waals surface area contributed by atoms with Crippen molar-refractivity contribution in [2.75, 3.05) is 5.73 Å². The van der Waals surface area contributed by atoms with Crippen molar-refractivity contribution in [1.82, 2.24) is 4.98 Å². The number of aromatic nitrogens is 1. The molecule has 7 heteroatoms. The van der Waals surface area contributed by atoms with Gasteiger partial charge in [0.05, 0.1) is 11.0 Å². The maximum atomic E-state index is 10.5. The molecule has 0 unspecified atom stereocenters. The molecule has 1 aromatic rings. The van der Waals surface area contributed by atoms with E-state index < -0.39 is 4.92 Å². The lowest BCUT2D eigenvalue weighted by molar-refractivity contribution is -0.384. The van der Waals surface area contributed by atoms with E-state index in [9.17, 15) is 10.1 Å². The minimum absolute atomic E-state index is 0.0181. The Morgan fingerprint density at radius 1 is 1.73 bits per heavy atom. The first-order valence-corrected chi connectivity index (χ1v) is 4.10. The van der Waals surface area contributed by atoms with E-state index in [2.05, 4.69) is 4.98 Å². The molecule has 0 aromatic carbocycles. The summed E-state index contributed by atoms with van der Waals surface area (Å²) in [7, 11) is 0. The summed E-state index contributed by atoms with van der Waals surface area (Å²) in [6.45, 7) is 0. The molecule has 0 saturated carbocycles. The van der Waals surface area contributed by atoms with Crippen molar-refractivity contribution < 1.29 is 4.92 Å². The number of pyridine rings is 1. The van der Waals surface area contributed by atoms with Crippen molar-refractivity contribution in [3.8, 4) is 6.07 Å². The molecule has 0 amide bonds. The molecule has 6 nitrogen and oxygen atoms in total. The third kappa shape index (κ3) is 2.42. The third-order valence-electron chi connectivity index (χ3n) is 1.55. The van der Waals surface area contributed by atoms with Crippen LogP contribution in [0.3, 0.4) is 0 Å². The first kappa shape index (κ1) is 10.9. The van der Waals surface area contributed by atoms with E-state index >= 15 is 0 Å². The van der Waals surface area contributed by atoms with Crippen molar-refractivity contribution in [3.63, 3.8) is 0 Å². The van der Waals surface area contributed by atoms with Crippen LogP contribution >= 0.6 is 11.6 Å². The highest BCUT2D eigenvalue weighted by Gasteiger charge is 2.15. The predicted octanol–water partition coefficient (Wildman–Crippen LogP) is 1.76. The van der Waals surface area contributed by atoms with E-state index in [1.807, 2.05) is 0 Å². The number of nitrogens with zero attached hydrogens (tertiary/aromatic N) is 3. The largest absolute Gasteiger partial charge is 0.378 e. The maximum absolute atomic E-state index is 10.5. The van der Waals surface area contributed by atoms with Crippen molar-refractivity contribution >= 4 is 29.2 Å². The normalized spacial score (nSPS) is 10.1. The first-order chi connectivity index (χ1) is 7.06. The highest BCUT2D eigenvalue weighted by Crippen LogP contribution is 2.26. The Kier molecular flexibility index (Phi) is 3.21. The van der Waals surface area contributed by atoms with Gasteiger partial charge in [-0.1, -0.05) is 11.6 Å². The van der Waals surface area contributed by atoms with E-state index in [1.54, 1.807) is 6.07 Å². The zero-order chi connectivity index (χ0) is 11.4. The molecule has 0 fully saturated rings. The van der Waals surface area contributed by atoms with Gasteiger partial charge in [0, 0.05) is 17.7 Å². The quantitative estimate of drug-likeness (QED) is 0.357. The summed E-state index contributed by atoms with van der Waals surface area (Å²) in [5.74, 6) is -0.251. The van der Waals surface area contributed by atoms with Gasteiger partial charge < -0.3 is 5.73 Å². The minimum Gasteiger partial charge on any atom is -0.378 e. The molecule has 2 N–H and O–H groups in total. The number of hydrogen-bond donors (Lipinski definition) is 1. The van der Waals surface area contributed by atoms with Crippen LogP contribution in [0.2, 0.25) is 5.15 Å². The van der Waals surface area contributed by atoms with Crippen LogP contribution in [0.4, 0.5) is 11.5 Å². The zero-order valence-corrected chi connectivity index (χ0v) is 8.10. The summed E-state index contributed by atoms with van der Waals surface area (Å²) < 4.78 is 0. The summed E-state index contributed by atoms with van der Waals surface area (Å²) >= 11 is 5.67. The summed E-state index contributed by atoms with van der Waals surface area (Å²) in [6.07, 6.45) is 2.46. The van der Waals surface area contributed by atoms with Gasteiger partial charge in [-0.25, -0.2) is 4.98 Å². The molecule has 1 heterocycles. The number of anilines is 1. The van der Waals surface area contributed by atoms with Crippen LogP contribution in [0.15, 0.2) is 12.1 Å². The fourth-order valence-electron chi connectivity index (χ4n) is 0.899. The van der Waals surface area contributed by atoms with Crippen LogP contribution in [0.25, 0.3) is 6.08 Å². The van der Waals surface area contributed by atoms with Gasteiger partial charge in [-0.15, -0.1) is 0 Å². The predicted molar refractivity (Wildman–Crippen MR) is 55.0 cm³/mol. The van der Waals surface area contributed by atoms with E-state index in [1.165, 1.54) is 12.1 Å². The van der Waals surface area contributed by atoms with Crippen LogP contribution in [-0.4, -0.2) is 9.91 Å². The molecule has 0 radical (unpaired) electrons. The van der Waals surface area contributed by atoms with Gasteiger partial charge in [0.15, 0.2) is 0 Å². The number of nitrogen functional groups attached to an aromatic ring is 1. The second kappa shape index (κ2) is 4.39. The number of nitro groups is 1. The Balaban J connectivity index is 3.31. The highest BCUT2D eigenvalue weighted by molar-refractivity contribution is 6.31.